The molecule has 112 valence electrons. The lowest BCUT2D eigenvalue weighted by Gasteiger charge is -2.31. The third-order valence-corrected chi connectivity index (χ3v) is 4.56. The van der Waals surface area contributed by atoms with Crippen LogP contribution < -0.4 is 5.32 Å². The van der Waals surface area contributed by atoms with E-state index in [0.717, 1.165) is 23.7 Å². The fourth-order valence-corrected chi connectivity index (χ4v) is 3.39. The Kier molecular flexibility index (Phi) is 3.68. The first-order valence-electron chi connectivity index (χ1n) is 7.59. The van der Waals surface area contributed by atoms with Crippen molar-refractivity contribution in [3.05, 3.63) is 24.3 Å². The van der Waals surface area contributed by atoms with Crippen LogP contribution in [0, 0.1) is 0 Å². The van der Waals surface area contributed by atoms with Gasteiger partial charge in [-0.25, -0.2) is 0 Å². The summed E-state index contributed by atoms with van der Waals surface area (Å²) in [6, 6.07) is 8.57. The van der Waals surface area contributed by atoms with Crippen LogP contribution in [0.1, 0.15) is 33.6 Å². The van der Waals surface area contributed by atoms with Gasteiger partial charge in [0.2, 0.25) is 5.91 Å². The van der Waals surface area contributed by atoms with Crippen LogP contribution in [0.3, 0.4) is 0 Å². The Bertz CT molecular complexity index is 641. The maximum Gasteiger partial charge on any atom is 0.242 e. The van der Waals surface area contributed by atoms with Crippen molar-refractivity contribution in [1.82, 2.24) is 15.1 Å². The number of hydrogen-bond donors (Lipinski definition) is 2. The molecule has 1 saturated heterocycles. The number of hydrogen-bond acceptors (Lipinski definition) is 3. The Balaban J connectivity index is 1.77. The lowest BCUT2D eigenvalue weighted by Crippen LogP contribution is -2.46. The summed E-state index contributed by atoms with van der Waals surface area (Å²) in [6.07, 6.45) is 2.31. The summed E-state index contributed by atoms with van der Waals surface area (Å²) >= 11 is 0. The van der Waals surface area contributed by atoms with Gasteiger partial charge in [-0.2, -0.15) is 5.10 Å². The number of H-pyrrole nitrogens is 1. The monoisotopic (exact) mass is 286 g/mol. The van der Waals surface area contributed by atoms with E-state index in [4.69, 9.17) is 0 Å². The van der Waals surface area contributed by atoms with Crippen molar-refractivity contribution in [2.75, 3.05) is 5.32 Å². The van der Waals surface area contributed by atoms with Crippen molar-refractivity contribution in [3.63, 3.8) is 0 Å². The van der Waals surface area contributed by atoms with Gasteiger partial charge in [0.05, 0.1) is 11.6 Å². The molecule has 3 rings (SSSR count). The SMILES string of the molecule is CC1CCC(C)N1C(C)C(=O)Nc1n[nH]c2ccccc12. The molecule has 0 aliphatic carbocycles. The summed E-state index contributed by atoms with van der Waals surface area (Å²) in [7, 11) is 0. The van der Waals surface area contributed by atoms with Crippen molar-refractivity contribution in [2.45, 2.75) is 51.7 Å². The molecule has 21 heavy (non-hydrogen) atoms. The molecule has 0 bridgehead atoms. The largest absolute Gasteiger partial charge is 0.307 e. The second kappa shape index (κ2) is 5.48. The first kappa shape index (κ1) is 14.1. The number of nitrogens with zero attached hydrogens (tertiary/aromatic N) is 2. The quantitative estimate of drug-likeness (QED) is 0.912. The minimum Gasteiger partial charge on any atom is -0.307 e. The number of para-hydroxylation sites is 1. The van der Waals surface area contributed by atoms with Crippen LogP contribution in [0.15, 0.2) is 24.3 Å². The standard InChI is InChI=1S/C16H22N4O/c1-10-8-9-11(2)20(10)12(3)16(21)17-15-13-6-4-5-7-14(13)18-19-15/h4-7,10-12H,8-9H2,1-3H3,(H2,17,18,19,21). The second-order valence-corrected chi connectivity index (χ2v) is 6.01. The van der Waals surface area contributed by atoms with Crippen LogP contribution in [-0.4, -0.2) is 39.1 Å². The maximum atomic E-state index is 12.5. The fraction of sp³-hybridized carbons (Fsp3) is 0.500. The van der Waals surface area contributed by atoms with E-state index in [1.54, 1.807) is 0 Å². The van der Waals surface area contributed by atoms with E-state index in [-0.39, 0.29) is 11.9 Å². The molecule has 1 aromatic carbocycles. The molecule has 3 atom stereocenters. The van der Waals surface area contributed by atoms with Crippen molar-refractivity contribution in [2.24, 2.45) is 0 Å². The molecule has 2 aromatic rings. The van der Waals surface area contributed by atoms with Gasteiger partial charge in [-0.15, -0.1) is 0 Å². The van der Waals surface area contributed by atoms with E-state index in [9.17, 15) is 4.79 Å². The molecule has 2 N–H and O–H groups in total. The van der Waals surface area contributed by atoms with Gasteiger partial charge in [-0.3, -0.25) is 14.8 Å². The highest BCUT2D eigenvalue weighted by atomic mass is 16.2. The number of amides is 1. The van der Waals surface area contributed by atoms with Gasteiger partial charge in [-0.1, -0.05) is 12.1 Å². The molecule has 0 spiro atoms. The normalized spacial score (nSPS) is 24.3. The molecular weight excluding hydrogens is 264 g/mol. The molecule has 1 aromatic heterocycles. The average molecular weight is 286 g/mol. The topological polar surface area (TPSA) is 61.0 Å². The number of aromatic amines is 1. The summed E-state index contributed by atoms with van der Waals surface area (Å²) < 4.78 is 0. The van der Waals surface area contributed by atoms with Crippen molar-refractivity contribution in [1.29, 1.82) is 0 Å². The van der Waals surface area contributed by atoms with Gasteiger partial charge in [0.1, 0.15) is 0 Å². The highest BCUT2D eigenvalue weighted by molar-refractivity contribution is 6.01. The van der Waals surface area contributed by atoms with Crippen LogP contribution >= 0.6 is 0 Å². The predicted octanol–water partition coefficient (Wildman–Crippen LogP) is 2.76. The van der Waals surface area contributed by atoms with Gasteiger partial charge in [0.15, 0.2) is 5.82 Å². The Morgan fingerprint density at radius 2 is 2.00 bits per heavy atom. The van der Waals surface area contributed by atoms with E-state index in [1.165, 1.54) is 0 Å². The Hall–Kier alpha value is -1.88. The maximum absolute atomic E-state index is 12.5. The summed E-state index contributed by atoms with van der Waals surface area (Å²) in [5.41, 5.74) is 0.934. The molecule has 1 fully saturated rings. The van der Waals surface area contributed by atoms with E-state index in [0.29, 0.717) is 17.9 Å². The lowest BCUT2D eigenvalue weighted by molar-refractivity contribution is -0.121. The number of carbonyl (C=O) groups excluding carboxylic acids is 1. The van der Waals surface area contributed by atoms with Crippen LogP contribution in [-0.2, 0) is 4.79 Å². The number of anilines is 1. The molecule has 1 aliphatic heterocycles. The molecule has 1 aliphatic rings. The number of likely N-dealkylation sites (tertiary alicyclic amines) is 1. The summed E-state index contributed by atoms with van der Waals surface area (Å²) in [6.45, 7) is 6.36. The molecular formula is C16H22N4O. The number of aromatic nitrogens is 2. The number of nitrogens with one attached hydrogen (secondary N) is 2. The van der Waals surface area contributed by atoms with E-state index < -0.39 is 0 Å². The first-order valence-corrected chi connectivity index (χ1v) is 7.59. The zero-order valence-corrected chi connectivity index (χ0v) is 12.8. The molecule has 0 saturated carbocycles. The Labute approximate surface area is 124 Å². The third kappa shape index (κ3) is 2.53. The zero-order chi connectivity index (χ0) is 15.0. The van der Waals surface area contributed by atoms with Gasteiger partial charge >= 0.3 is 0 Å². The molecule has 3 unspecified atom stereocenters. The van der Waals surface area contributed by atoms with Gasteiger partial charge in [0.25, 0.3) is 0 Å². The molecule has 0 radical (unpaired) electrons. The van der Waals surface area contributed by atoms with Crippen LogP contribution in [0.5, 0.6) is 0 Å². The van der Waals surface area contributed by atoms with Crippen LogP contribution in [0.4, 0.5) is 5.82 Å². The van der Waals surface area contributed by atoms with Crippen molar-refractivity contribution >= 4 is 22.6 Å². The first-order chi connectivity index (χ1) is 10.1. The molecule has 1 amide bonds. The van der Waals surface area contributed by atoms with Gasteiger partial charge in [0, 0.05) is 17.5 Å². The zero-order valence-electron chi connectivity index (χ0n) is 12.8. The van der Waals surface area contributed by atoms with Crippen molar-refractivity contribution < 1.29 is 4.79 Å². The number of fused-ring (bicyclic) bond motifs is 1. The minimum absolute atomic E-state index is 0.00727. The van der Waals surface area contributed by atoms with Crippen LogP contribution in [0.25, 0.3) is 10.9 Å². The molecule has 2 heterocycles. The molecule has 5 heteroatoms. The molecule has 5 nitrogen and oxygen atoms in total. The highest BCUT2D eigenvalue weighted by Crippen LogP contribution is 2.27. The number of rotatable bonds is 3. The average Bonchev–Trinajstić information content (AvgIpc) is 3.03. The Morgan fingerprint density at radius 1 is 1.33 bits per heavy atom. The van der Waals surface area contributed by atoms with E-state index >= 15 is 0 Å². The van der Waals surface area contributed by atoms with Gasteiger partial charge < -0.3 is 5.32 Å². The Morgan fingerprint density at radius 3 is 2.71 bits per heavy atom. The van der Waals surface area contributed by atoms with E-state index in [1.807, 2.05) is 31.2 Å². The predicted molar refractivity (Wildman–Crippen MR) is 84.2 cm³/mol. The second-order valence-electron chi connectivity index (χ2n) is 6.01. The van der Waals surface area contributed by atoms with E-state index in [2.05, 4.69) is 34.3 Å². The summed E-state index contributed by atoms with van der Waals surface area (Å²) in [5.74, 6) is 0.620. The smallest absolute Gasteiger partial charge is 0.242 e. The van der Waals surface area contributed by atoms with Gasteiger partial charge in [-0.05, 0) is 45.7 Å². The number of carbonyl (C=O) groups is 1. The lowest BCUT2D eigenvalue weighted by atomic mass is 10.2. The highest BCUT2D eigenvalue weighted by Gasteiger charge is 2.34. The van der Waals surface area contributed by atoms with Crippen LogP contribution in [0.2, 0.25) is 0 Å². The van der Waals surface area contributed by atoms with Crippen molar-refractivity contribution in [3.8, 4) is 0 Å². The summed E-state index contributed by atoms with van der Waals surface area (Å²) in [5, 5.41) is 11.1. The third-order valence-electron chi connectivity index (χ3n) is 4.56. The minimum atomic E-state index is -0.145. The summed E-state index contributed by atoms with van der Waals surface area (Å²) in [4.78, 5) is 14.8. The fourth-order valence-electron chi connectivity index (χ4n) is 3.39. The number of benzene rings is 1.